The molecule has 0 atom stereocenters. The zero-order chi connectivity index (χ0) is 20.4. The second-order valence-corrected chi connectivity index (χ2v) is 8.48. The maximum Gasteiger partial charge on any atom is 0.277 e. The molecule has 1 aromatic carbocycles. The molecule has 3 aromatic rings. The van der Waals surface area contributed by atoms with E-state index in [9.17, 15) is 9.18 Å². The van der Waals surface area contributed by atoms with E-state index in [1.807, 2.05) is 30.5 Å². The Balaban J connectivity index is 1.45. The highest BCUT2D eigenvalue weighted by Crippen LogP contribution is 2.33. The number of ketones is 1. The maximum absolute atomic E-state index is 13.6. The van der Waals surface area contributed by atoms with E-state index in [0.717, 1.165) is 24.2 Å². The number of halogens is 1. The monoisotopic (exact) mass is 413 g/mol. The first-order valence-electron chi connectivity index (χ1n) is 9.97. The highest BCUT2D eigenvalue weighted by molar-refractivity contribution is 7.99. The minimum atomic E-state index is -0.302. The van der Waals surface area contributed by atoms with Crippen LogP contribution in [-0.4, -0.2) is 26.3 Å². The molecule has 1 aliphatic rings. The number of carbonyl (C=O) groups is 1. The number of carbonyl (C=O) groups excluding carboxylic acids is 1. The van der Waals surface area contributed by atoms with E-state index in [0.29, 0.717) is 28.3 Å². The van der Waals surface area contributed by atoms with Gasteiger partial charge in [-0.1, -0.05) is 37.1 Å². The lowest BCUT2D eigenvalue weighted by atomic mass is 9.89. The molecule has 4 rings (SSSR count). The van der Waals surface area contributed by atoms with Crippen LogP contribution in [0.5, 0.6) is 0 Å². The van der Waals surface area contributed by atoms with Crippen molar-refractivity contribution in [2.45, 2.75) is 57.1 Å². The Morgan fingerprint density at radius 2 is 2.00 bits per heavy atom. The predicted octanol–water partition coefficient (Wildman–Crippen LogP) is 5.64. The maximum atomic E-state index is 13.6. The molecule has 0 aliphatic heterocycles. The van der Waals surface area contributed by atoms with Gasteiger partial charge >= 0.3 is 0 Å². The molecule has 7 heteroatoms. The molecule has 0 saturated heterocycles. The molecule has 0 unspecified atom stereocenters. The molecular weight excluding hydrogens is 389 g/mol. The zero-order valence-electron chi connectivity index (χ0n) is 16.7. The average Bonchev–Trinajstić information content (AvgIpc) is 3.31. The van der Waals surface area contributed by atoms with Crippen molar-refractivity contribution in [2.75, 3.05) is 5.75 Å². The van der Waals surface area contributed by atoms with E-state index in [-0.39, 0.29) is 17.4 Å². The normalized spacial score (nSPS) is 15.0. The van der Waals surface area contributed by atoms with Crippen molar-refractivity contribution in [1.29, 1.82) is 0 Å². The van der Waals surface area contributed by atoms with Gasteiger partial charge < -0.3 is 8.98 Å². The second kappa shape index (κ2) is 8.53. The van der Waals surface area contributed by atoms with Crippen molar-refractivity contribution in [3.63, 3.8) is 0 Å². The molecule has 0 radical (unpaired) electrons. The molecule has 0 amide bonds. The van der Waals surface area contributed by atoms with Gasteiger partial charge in [0.25, 0.3) is 5.22 Å². The smallest absolute Gasteiger partial charge is 0.277 e. The predicted molar refractivity (Wildman–Crippen MR) is 110 cm³/mol. The van der Waals surface area contributed by atoms with Crippen LogP contribution in [0.2, 0.25) is 0 Å². The Labute approximate surface area is 173 Å². The van der Waals surface area contributed by atoms with Crippen LogP contribution in [0.4, 0.5) is 4.39 Å². The number of thioether (sulfide) groups is 1. The third-order valence-corrected chi connectivity index (χ3v) is 6.32. The summed E-state index contributed by atoms with van der Waals surface area (Å²) in [5.74, 6) is 0.960. The third-order valence-electron chi connectivity index (χ3n) is 5.50. The van der Waals surface area contributed by atoms with Gasteiger partial charge in [0.15, 0.2) is 5.78 Å². The highest BCUT2D eigenvalue weighted by atomic mass is 32.2. The molecule has 0 spiro atoms. The fraction of sp³-hybridized carbons (Fsp3) is 0.409. The second-order valence-electron chi connectivity index (χ2n) is 7.55. The lowest BCUT2D eigenvalue weighted by molar-refractivity contribution is 0.102. The van der Waals surface area contributed by atoms with Crippen LogP contribution >= 0.6 is 11.8 Å². The van der Waals surface area contributed by atoms with Crippen molar-refractivity contribution in [1.82, 2.24) is 14.8 Å². The summed E-state index contributed by atoms with van der Waals surface area (Å²) in [4.78, 5) is 12.8. The Bertz CT molecular complexity index is 1020. The summed E-state index contributed by atoms with van der Waals surface area (Å²) < 4.78 is 21.3. The van der Waals surface area contributed by atoms with E-state index in [4.69, 9.17) is 4.42 Å². The van der Waals surface area contributed by atoms with Crippen LogP contribution in [0, 0.1) is 19.7 Å². The van der Waals surface area contributed by atoms with Gasteiger partial charge in [0, 0.05) is 28.6 Å². The third kappa shape index (κ3) is 4.29. The van der Waals surface area contributed by atoms with Crippen molar-refractivity contribution in [3.8, 4) is 5.69 Å². The van der Waals surface area contributed by atoms with E-state index >= 15 is 0 Å². The van der Waals surface area contributed by atoms with Gasteiger partial charge in [-0.05, 0) is 51.0 Å². The molecule has 2 heterocycles. The molecule has 152 valence electrons. The average molecular weight is 414 g/mol. The zero-order valence-corrected chi connectivity index (χ0v) is 17.5. The van der Waals surface area contributed by atoms with Gasteiger partial charge in [-0.3, -0.25) is 4.79 Å². The number of Topliss-reactive ketones (excluding diaryl/α,β-unsaturated/α-hetero) is 1. The SMILES string of the molecule is Cc1cc(C(=O)CSc2nnc(C3CCCCC3)o2)c(C)n1-c1cccc(F)c1. The van der Waals surface area contributed by atoms with Crippen molar-refractivity contribution < 1.29 is 13.6 Å². The Morgan fingerprint density at radius 1 is 1.21 bits per heavy atom. The van der Waals surface area contributed by atoms with Crippen LogP contribution in [0.15, 0.2) is 40.0 Å². The molecule has 1 saturated carbocycles. The van der Waals surface area contributed by atoms with Crippen LogP contribution in [0.25, 0.3) is 5.69 Å². The molecule has 1 fully saturated rings. The number of hydrogen-bond acceptors (Lipinski definition) is 5. The Kier molecular flexibility index (Phi) is 5.85. The Hall–Kier alpha value is -2.41. The lowest BCUT2D eigenvalue weighted by Crippen LogP contribution is -2.05. The quantitative estimate of drug-likeness (QED) is 0.387. The van der Waals surface area contributed by atoms with E-state index < -0.39 is 0 Å². The number of rotatable bonds is 6. The number of hydrogen-bond donors (Lipinski definition) is 0. The van der Waals surface area contributed by atoms with Gasteiger partial charge in [0.2, 0.25) is 5.89 Å². The first-order chi connectivity index (χ1) is 14.0. The molecule has 0 bridgehead atoms. The van der Waals surface area contributed by atoms with Gasteiger partial charge in [0.05, 0.1) is 5.75 Å². The van der Waals surface area contributed by atoms with E-state index in [2.05, 4.69) is 10.2 Å². The van der Waals surface area contributed by atoms with Crippen LogP contribution < -0.4 is 0 Å². The summed E-state index contributed by atoms with van der Waals surface area (Å²) in [5, 5.41) is 8.73. The summed E-state index contributed by atoms with van der Waals surface area (Å²) in [6.07, 6.45) is 5.87. The van der Waals surface area contributed by atoms with Crippen molar-refractivity contribution in [3.05, 3.63) is 59.0 Å². The Morgan fingerprint density at radius 3 is 2.76 bits per heavy atom. The largest absolute Gasteiger partial charge is 0.416 e. The van der Waals surface area contributed by atoms with Crippen molar-refractivity contribution in [2.24, 2.45) is 0 Å². The number of aryl methyl sites for hydroxylation is 1. The molecular formula is C22H24FN3O2S. The van der Waals surface area contributed by atoms with Gasteiger partial charge in [0.1, 0.15) is 5.82 Å². The number of aromatic nitrogens is 3. The van der Waals surface area contributed by atoms with E-state index in [1.165, 1.54) is 43.2 Å². The summed E-state index contributed by atoms with van der Waals surface area (Å²) in [7, 11) is 0. The molecule has 29 heavy (non-hydrogen) atoms. The number of nitrogens with zero attached hydrogens (tertiary/aromatic N) is 3. The van der Waals surface area contributed by atoms with Crippen molar-refractivity contribution >= 4 is 17.5 Å². The summed E-state index contributed by atoms with van der Waals surface area (Å²) in [6.45, 7) is 3.79. The van der Waals surface area contributed by atoms with Gasteiger partial charge in [-0.25, -0.2) is 4.39 Å². The topological polar surface area (TPSA) is 60.9 Å². The summed E-state index contributed by atoms with van der Waals surface area (Å²) in [6, 6.07) is 8.22. The van der Waals surface area contributed by atoms with Gasteiger partial charge in [-0.2, -0.15) is 0 Å². The lowest BCUT2D eigenvalue weighted by Gasteiger charge is -2.17. The highest BCUT2D eigenvalue weighted by Gasteiger charge is 2.22. The van der Waals surface area contributed by atoms with Crippen LogP contribution in [0.1, 0.15) is 65.7 Å². The summed E-state index contributed by atoms with van der Waals surface area (Å²) in [5.41, 5.74) is 3.03. The molecule has 1 aliphatic carbocycles. The fourth-order valence-electron chi connectivity index (χ4n) is 4.06. The fourth-order valence-corrected chi connectivity index (χ4v) is 4.71. The van der Waals surface area contributed by atoms with E-state index in [1.54, 1.807) is 6.07 Å². The standard InChI is InChI=1S/C22H24FN3O2S/c1-14-11-19(15(2)26(14)18-10-6-9-17(23)12-18)20(27)13-29-22-25-24-21(28-22)16-7-4-3-5-8-16/h6,9-12,16H,3-5,7-8,13H2,1-2H3. The van der Waals surface area contributed by atoms with Crippen LogP contribution in [-0.2, 0) is 0 Å². The number of benzene rings is 1. The first-order valence-corrected chi connectivity index (χ1v) is 11.0. The van der Waals surface area contributed by atoms with Crippen LogP contribution in [0.3, 0.4) is 0 Å². The van der Waals surface area contributed by atoms with Gasteiger partial charge in [-0.15, -0.1) is 10.2 Å². The minimum absolute atomic E-state index is 0.0110. The summed E-state index contributed by atoms with van der Waals surface area (Å²) >= 11 is 1.27. The molecule has 0 N–H and O–H groups in total. The molecule has 2 aromatic heterocycles. The molecule has 5 nitrogen and oxygen atoms in total. The first kappa shape index (κ1) is 19.9. The minimum Gasteiger partial charge on any atom is -0.416 e.